The van der Waals surface area contributed by atoms with E-state index in [0.717, 1.165) is 0 Å². The third-order valence-corrected chi connectivity index (χ3v) is 3.70. The fourth-order valence-corrected chi connectivity index (χ4v) is 2.59. The summed E-state index contributed by atoms with van der Waals surface area (Å²) in [6.45, 7) is 0.0541. The number of alkyl halides is 3. The SMILES string of the molecule is COc1ccccc1CNC(=O)C1CCCN1C(=O)C(F)(F)F. The average molecular weight is 330 g/mol. The van der Waals surface area contributed by atoms with E-state index in [2.05, 4.69) is 5.32 Å². The molecule has 0 aliphatic carbocycles. The Kier molecular flexibility index (Phi) is 5.12. The van der Waals surface area contributed by atoms with Crippen molar-refractivity contribution in [1.29, 1.82) is 0 Å². The van der Waals surface area contributed by atoms with Crippen molar-refractivity contribution in [2.45, 2.75) is 31.6 Å². The van der Waals surface area contributed by atoms with E-state index in [-0.39, 0.29) is 19.5 Å². The number of carbonyl (C=O) groups is 2. The van der Waals surface area contributed by atoms with E-state index in [1.54, 1.807) is 24.3 Å². The predicted molar refractivity (Wildman–Crippen MR) is 75.6 cm³/mol. The van der Waals surface area contributed by atoms with E-state index in [9.17, 15) is 22.8 Å². The molecule has 23 heavy (non-hydrogen) atoms. The number of nitrogens with zero attached hydrogens (tertiary/aromatic N) is 1. The van der Waals surface area contributed by atoms with E-state index in [0.29, 0.717) is 22.6 Å². The number of benzene rings is 1. The van der Waals surface area contributed by atoms with Gasteiger partial charge in [-0.15, -0.1) is 0 Å². The lowest BCUT2D eigenvalue weighted by molar-refractivity contribution is -0.186. The molecule has 1 aliphatic heterocycles. The van der Waals surface area contributed by atoms with Crippen LogP contribution in [0.4, 0.5) is 13.2 Å². The second-order valence-corrected chi connectivity index (χ2v) is 5.18. The van der Waals surface area contributed by atoms with Crippen LogP contribution in [0.15, 0.2) is 24.3 Å². The minimum absolute atomic E-state index is 0.0644. The molecule has 0 radical (unpaired) electrons. The summed E-state index contributed by atoms with van der Waals surface area (Å²) >= 11 is 0. The number of hydrogen-bond acceptors (Lipinski definition) is 3. The Morgan fingerprint density at radius 1 is 1.35 bits per heavy atom. The Morgan fingerprint density at radius 3 is 2.70 bits per heavy atom. The number of para-hydroxylation sites is 1. The largest absolute Gasteiger partial charge is 0.496 e. The van der Waals surface area contributed by atoms with Crippen LogP contribution >= 0.6 is 0 Å². The number of carbonyl (C=O) groups excluding carboxylic acids is 2. The molecule has 0 saturated carbocycles. The Balaban J connectivity index is 2.01. The number of hydrogen-bond donors (Lipinski definition) is 1. The summed E-state index contributed by atoms with van der Waals surface area (Å²) in [7, 11) is 1.49. The van der Waals surface area contributed by atoms with Crippen LogP contribution in [0, 0.1) is 0 Å². The topological polar surface area (TPSA) is 58.6 Å². The van der Waals surface area contributed by atoms with E-state index in [1.807, 2.05) is 0 Å². The van der Waals surface area contributed by atoms with Gasteiger partial charge in [0.05, 0.1) is 7.11 Å². The first kappa shape index (κ1) is 17.1. The molecule has 1 heterocycles. The lowest BCUT2D eigenvalue weighted by Crippen LogP contribution is -2.50. The summed E-state index contributed by atoms with van der Waals surface area (Å²) < 4.78 is 42.8. The summed E-state index contributed by atoms with van der Waals surface area (Å²) in [4.78, 5) is 24.1. The highest BCUT2D eigenvalue weighted by molar-refractivity contribution is 5.90. The number of likely N-dealkylation sites (tertiary alicyclic amines) is 1. The molecular formula is C15H17F3N2O3. The fourth-order valence-electron chi connectivity index (χ4n) is 2.59. The molecule has 1 aliphatic rings. The second kappa shape index (κ2) is 6.89. The summed E-state index contributed by atoms with van der Waals surface area (Å²) in [5.41, 5.74) is 0.704. The second-order valence-electron chi connectivity index (χ2n) is 5.18. The van der Waals surface area contributed by atoms with Gasteiger partial charge in [0.1, 0.15) is 11.8 Å². The van der Waals surface area contributed by atoms with Crippen LogP contribution in [0.3, 0.4) is 0 Å². The molecule has 1 unspecified atom stereocenters. The van der Waals surface area contributed by atoms with Crippen molar-refractivity contribution in [2.24, 2.45) is 0 Å². The molecule has 1 atom stereocenters. The van der Waals surface area contributed by atoms with E-state index >= 15 is 0 Å². The molecule has 126 valence electrons. The van der Waals surface area contributed by atoms with Crippen molar-refractivity contribution in [3.63, 3.8) is 0 Å². The highest BCUT2D eigenvalue weighted by atomic mass is 19.4. The molecule has 0 bridgehead atoms. The molecule has 5 nitrogen and oxygen atoms in total. The zero-order chi connectivity index (χ0) is 17.0. The number of halogens is 3. The quantitative estimate of drug-likeness (QED) is 0.917. The first-order valence-corrected chi connectivity index (χ1v) is 7.12. The first-order valence-electron chi connectivity index (χ1n) is 7.12. The van der Waals surface area contributed by atoms with Crippen LogP contribution < -0.4 is 10.1 Å². The van der Waals surface area contributed by atoms with Crippen molar-refractivity contribution in [1.82, 2.24) is 10.2 Å². The van der Waals surface area contributed by atoms with Crippen LogP contribution in [0.25, 0.3) is 0 Å². The van der Waals surface area contributed by atoms with Gasteiger partial charge in [-0.05, 0) is 18.9 Å². The summed E-state index contributed by atoms with van der Waals surface area (Å²) in [5.74, 6) is -1.99. The van der Waals surface area contributed by atoms with Crippen LogP contribution in [0.2, 0.25) is 0 Å². The molecule has 1 saturated heterocycles. The molecule has 0 spiro atoms. The van der Waals surface area contributed by atoms with Crippen LogP contribution in [-0.4, -0.2) is 42.6 Å². The summed E-state index contributed by atoms with van der Waals surface area (Å²) in [5, 5.41) is 2.57. The van der Waals surface area contributed by atoms with Gasteiger partial charge in [-0.2, -0.15) is 13.2 Å². The molecular weight excluding hydrogens is 313 g/mol. The number of rotatable bonds is 4. The van der Waals surface area contributed by atoms with Crippen LogP contribution in [0.1, 0.15) is 18.4 Å². The van der Waals surface area contributed by atoms with Gasteiger partial charge in [-0.1, -0.05) is 18.2 Å². The van der Waals surface area contributed by atoms with Gasteiger partial charge in [0, 0.05) is 18.7 Å². The standard InChI is InChI=1S/C15H17F3N2O3/c1-23-12-7-3-2-5-10(12)9-19-13(21)11-6-4-8-20(11)14(22)15(16,17)18/h2-3,5,7,11H,4,6,8-9H2,1H3,(H,19,21). The number of nitrogens with one attached hydrogen (secondary N) is 1. The predicted octanol–water partition coefficient (Wildman–Crippen LogP) is 1.86. The van der Waals surface area contributed by atoms with Gasteiger partial charge in [0.25, 0.3) is 0 Å². The molecule has 2 rings (SSSR count). The molecule has 8 heteroatoms. The number of amides is 2. The van der Waals surface area contributed by atoms with Crippen molar-refractivity contribution in [2.75, 3.05) is 13.7 Å². The zero-order valence-corrected chi connectivity index (χ0v) is 12.5. The van der Waals surface area contributed by atoms with Gasteiger partial charge in [0.2, 0.25) is 5.91 Å². The number of methoxy groups -OCH3 is 1. The van der Waals surface area contributed by atoms with Crippen molar-refractivity contribution >= 4 is 11.8 Å². The molecule has 0 aromatic heterocycles. The zero-order valence-electron chi connectivity index (χ0n) is 12.5. The van der Waals surface area contributed by atoms with Gasteiger partial charge >= 0.3 is 12.1 Å². The molecule has 1 N–H and O–H groups in total. The average Bonchev–Trinajstić information content (AvgIpc) is 3.00. The van der Waals surface area contributed by atoms with E-state index < -0.39 is 24.0 Å². The van der Waals surface area contributed by atoms with Gasteiger partial charge < -0.3 is 15.0 Å². The Labute approximate surface area is 131 Å². The van der Waals surface area contributed by atoms with Crippen molar-refractivity contribution in [3.05, 3.63) is 29.8 Å². The molecule has 1 aromatic carbocycles. The van der Waals surface area contributed by atoms with Crippen molar-refractivity contribution < 1.29 is 27.5 Å². The smallest absolute Gasteiger partial charge is 0.471 e. The first-order chi connectivity index (χ1) is 10.8. The van der Waals surface area contributed by atoms with Gasteiger partial charge in [-0.3, -0.25) is 9.59 Å². The van der Waals surface area contributed by atoms with Crippen molar-refractivity contribution in [3.8, 4) is 5.75 Å². The highest BCUT2D eigenvalue weighted by Crippen LogP contribution is 2.26. The van der Waals surface area contributed by atoms with Gasteiger partial charge in [-0.25, -0.2) is 0 Å². The normalized spacial score (nSPS) is 17.9. The lowest BCUT2D eigenvalue weighted by Gasteiger charge is -2.24. The van der Waals surface area contributed by atoms with E-state index in [4.69, 9.17) is 4.74 Å². The monoisotopic (exact) mass is 330 g/mol. The Bertz CT molecular complexity index is 590. The third-order valence-electron chi connectivity index (χ3n) is 3.70. The van der Waals surface area contributed by atoms with Gasteiger partial charge in [0.15, 0.2) is 0 Å². The minimum Gasteiger partial charge on any atom is -0.496 e. The Hall–Kier alpha value is -2.25. The fraction of sp³-hybridized carbons (Fsp3) is 0.467. The molecule has 1 fully saturated rings. The lowest BCUT2D eigenvalue weighted by atomic mass is 10.1. The third kappa shape index (κ3) is 3.94. The molecule has 2 amide bonds. The van der Waals surface area contributed by atoms with Crippen LogP contribution in [0.5, 0.6) is 5.75 Å². The minimum atomic E-state index is -4.97. The number of ether oxygens (including phenoxy) is 1. The Morgan fingerprint density at radius 2 is 2.04 bits per heavy atom. The summed E-state index contributed by atoms with van der Waals surface area (Å²) in [6.07, 6.45) is -4.38. The summed E-state index contributed by atoms with van der Waals surface area (Å²) in [6, 6.07) is 5.91. The maximum atomic E-state index is 12.5. The van der Waals surface area contributed by atoms with E-state index in [1.165, 1.54) is 7.11 Å². The highest BCUT2D eigenvalue weighted by Gasteiger charge is 2.47. The molecule has 1 aromatic rings. The maximum absolute atomic E-state index is 12.5. The maximum Gasteiger partial charge on any atom is 0.471 e. The van der Waals surface area contributed by atoms with Crippen LogP contribution in [-0.2, 0) is 16.1 Å².